The molecule has 0 saturated carbocycles. The van der Waals surface area contributed by atoms with E-state index >= 15 is 0 Å². The molecule has 0 saturated heterocycles. The van der Waals surface area contributed by atoms with E-state index in [1.54, 1.807) is 20.2 Å². The number of esters is 1. The molecule has 0 spiro atoms. The minimum Gasteiger partial charge on any atom is -0.496 e. The molecular weight excluding hydrogens is 338 g/mol. The topological polar surface area (TPSA) is 55.8 Å². The van der Waals surface area contributed by atoms with Crippen LogP contribution in [0.4, 0.5) is 0 Å². The molecule has 0 atom stereocenters. The van der Waals surface area contributed by atoms with Gasteiger partial charge in [-0.25, -0.2) is 0 Å². The van der Waals surface area contributed by atoms with Gasteiger partial charge in [0.2, 0.25) is 5.91 Å². The minimum absolute atomic E-state index is 0.173. The van der Waals surface area contributed by atoms with Gasteiger partial charge in [-0.15, -0.1) is 0 Å². The van der Waals surface area contributed by atoms with Crippen LogP contribution < -0.4 is 4.74 Å². The first-order valence-electron chi connectivity index (χ1n) is 6.31. The maximum atomic E-state index is 11.9. The van der Waals surface area contributed by atoms with Crippen LogP contribution in [0, 0.1) is 0 Å². The van der Waals surface area contributed by atoms with Gasteiger partial charge in [0.25, 0.3) is 0 Å². The standard InChI is InChI=1S/C15H18BrNO4/c1-17(9-8-15(19)21-3)14(18)7-4-11-10-12(16)5-6-13(11)20-2/h4-7,10H,8-9H2,1-3H3. The molecule has 0 aliphatic carbocycles. The van der Waals surface area contributed by atoms with Crippen LogP contribution in [-0.2, 0) is 14.3 Å². The number of rotatable bonds is 6. The summed E-state index contributed by atoms with van der Waals surface area (Å²) in [6.07, 6.45) is 3.30. The molecule has 1 rings (SSSR count). The Labute approximate surface area is 132 Å². The lowest BCUT2D eigenvalue weighted by molar-refractivity contribution is -0.141. The molecule has 0 aliphatic rings. The van der Waals surface area contributed by atoms with E-state index in [1.165, 1.54) is 18.1 Å². The van der Waals surface area contributed by atoms with Crippen LogP contribution in [-0.4, -0.2) is 44.6 Å². The predicted molar refractivity (Wildman–Crippen MR) is 84.0 cm³/mol. The maximum Gasteiger partial charge on any atom is 0.307 e. The van der Waals surface area contributed by atoms with Crippen LogP contribution in [0.5, 0.6) is 5.75 Å². The molecule has 0 heterocycles. The Morgan fingerprint density at radius 1 is 1.33 bits per heavy atom. The zero-order valence-corrected chi connectivity index (χ0v) is 13.8. The Morgan fingerprint density at radius 2 is 2.05 bits per heavy atom. The van der Waals surface area contributed by atoms with Gasteiger partial charge in [-0.2, -0.15) is 0 Å². The highest BCUT2D eigenvalue weighted by atomic mass is 79.9. The summed E-state index contributed by atoms with van der Waals surface area (Å²) in [6.45, 7) is 0.311. The van der Waals surface area contributed by atoms with Gasteiger partial charge in [0.1, 0.15) is 5.75 Å². The lowest BCUT2D eigenvalue weighted by Gasteiger charge is -2.14. The van der Waals surface area contributed by atoms with E-state index < -0.39 is 0 Å². The second-order valence-corrected chi connectivity index (χ2v) is 5.22. The Balaban J connectivity index is 2.69. The molecule has 114 valence electrons. The number of hydrogen-bond acceptors (Lipinski definition) is 4. The predicted octanol–water partition coefficient (Wildman–Crippen LogP) is 2.49. The Morgan fingerprint density at radius 3 is 2.67 bits per heavy atom. The normalized spacial score (nSPS) is 10.5. The van der Waals surface area contributed by atoms with Crippen LogP contribution in [0.3, 0.4) is 0 Å². The molecule has 0 radical (unpaired) electrons. The molecule has 0 bridgehead atoms. The first kappa shape index (κ1) is 17.2. The fourth-order valence-corrected chi connectivity index (χ4v) is 1.97. The largest absolute Gasteiger partial charge is 0.496 e. The van der Waals surface area contributed by atoms with E-state index in [0.717, 1.165) is 10.0 Å². The third-order valence-corrected chi connectivity index (χ3v) is 3.35. The Bertz CT molecular complexity index is 542. The van der Waals surface area contributed by atoms with Gasteiger partial charge in [0.05, 0.1) is 20.6 Å². The summed E-state index contributed by atoms with van der Waals surface area (Å²) in [5, 5.41) is 0. The second-order valence-electron chi connectivity index (χ2n) is 4.31. The average molecular weight is 356 g/mol. The van der Waals surface area contributed by atoms with Gasteiger partial charge in [-0.1, -0.05) is 15.9 Å². The zero-order valence-electron chi connectivity index (χ0n) is 12.3. The quantitative estimate of drug-likeness (QED) is 0.581. The number of benzene rings is 1. The van der Waals surface area contributed by atoms with Crippen LogP contribution in [0.1, 0.15) is 12.0 Å². The van der Waals surface area contributed by atoms with Crippen LogP contribution in [0.15, 0.2) is 28.7 Å². The Hall–Kier alpha value is -1.82. The van der Waals surface area contributed by atoms with Crippen molar-refractivity contribution in [2.45, 2.75) is 6.42 Å². The van der Waals surface area contributed by atoms with Crippen molar-refractivity contribution < 1.29 is 19.1 Å². The van der Waals surface area contributed by atoms with Gasteiger partial charge in [0.15, 0.2) is 0 Å². The van der Waals surface area contributed by atoms with E-state index in [0.29, 0.717) is 12.3 Å². The third-order valence-electron chi connectivity index (χ3n) is 2.85. The summed E-state index contributed by atoms with van der Waals surface area (Å²) < 4.78 is 10.7. The minimum atomic E-state index is -0.340. The first-order valence-corrected chi connectivity index (χ1v) is 7.10. The van der Waals surface area contributed by atoms with Crippen molar-refractivity contribution >= 4 is 33.9 Å². The molecule has 1 amide bonds. The molecule has 0 fully saturated rings. The molecular formula is C15H18BrNO4. The zero-order chi connectivity index (χ0) is 15.8. The van der Waals surface area contributed by atoms with E-state index in [1.807, 2.05) is 18.2 Å². The summed E-state index contributed by atoms with van der Waals surface area (Å²) in [6, 6.07) is 5.53. The number of likely N-dealkylation sites (N-methyl/N-ethyl adjacent to an activating group) is 1. The molecule has 0 aliphatic heterocycles. The number of carbonyl (C=O) groups is 2. The summed E-state index contributed by atoms with van der Waals surface area (Å²) in [5.74, 6) is 0.146. The fraction of sp³-hybridized carbons (Fsp3) is 0.333. The highest BCUT2D eigenvalue weighted by Crippen LogP contribution is 2.24. The summed E-state index contributed by atoms with van der Waals surface area (Å²) >= 11 is 3.37. The molecule has 1 aromatic carbocycles. The van der Waals surface area contributed by atoms with Gasteiger partial charge in [-0.05, 0) is 24.3 Å². The van der Waals surface area contributed by atoms with Crippen molar-refractivity contribution in [3.63, 3.8) is 0 Å². The molecule has 0 aromatic heterocycles. The van der Waals surface area contributed by atoms with Crippen LogP contribution in [0.2, 0.25) is 0 Å². The monoisotopic (exact) mass is 355 g/mol. The van der Waals surface area contributed by atoms with Crippen molar-refractivity contribution in [1.82, 2.24) is 4.90 Å². The lowest BCUT2D eigenvalue weighted by Crippen LogP contribution is -2.27. The number of methoxy groups -OCH3 is 2. The van der Waals surface area contributed by atoms with Gasteiger partial charge in [-0.3, -0.25) is 9.59 Å². The number of carbonyl (C=O) groups excluding carboxylic acids is 2. The van der Waals surface area contributed by atoms with Crippen molar-refractivity contribution in [2.24, 2.45) is 0 Å². The van der Waals surface area contributed by atoms with Gasteiger partial charge >= 0.3 is 5.97 Å². The van der Waals surface area contributed by atoms with E-state index in [4.69, 9.17) is 4.74 Å². The van der Waals surface area contributed by atoms with Crippen molar-refractivity contribution in [1.29, 1.82) is 0 Å². The van der Waals surface area contributed by atoms with Gasteiger partial charge in [0, 0.05) is 29.7 Å². The SMILES string of the molecule is COC(=O)CCN(C)C(=O)C=Cc1cc(Br)ccc1OC. The number of ether oxygens (including phenoxy) is 2. The maximum absolute atomic E-state index is 11.9. The number of hydrogen-bond donors (Lipinski definition) is 0. The Kier molecular flexibility index (Phi) is 6.94. The van der Waals surface area contributed by atoms with Crippen molar-refractivity contribution in [2.75, 3.05) is 27.8 Å². The highest BCUT2D eigenvalue weighted by molar-refractivity contribution is 9.10. The molecule has 1 aromatic rings. The number of amides is 1. The van der Waals surface area contributed by atoms with Crippen molar-refractivity contribution in [3.8, 4) is 5.75 Å². The molecule has 5 nitrogen and oxygen atoms in total. The van der Waals surface area contributed by atoms with E-state index in [2.05, 4.69) is 20.7 Å². The van der Waals surface area contributed by atoms with Crippen LogP contribution in [0.25, 0.3) is 6.08 Å². The second kappa shape index (κ2) is 8.46. The average Bonchev–Trinajstić information content (AvgIpc) is 2.49. The van der Waals surface area contributed by atoms with E-state index in [-0.39, 0.29) is 18.3 Å². The summed E-state index contributed by atoms with van der Waals surface area (Å²) in [4.78, 5) is 24.4. The van der Waals surface area contributed by atoms with E-state index in [9.17, 15) is 9.59 Å². The molecule has 0 unspecified atom stereocenters. The third kappa shape index (κ3) is 5.59. The number of nitrogens with zero attached hydrogens (tertiary/aromatic N) is 1. The molecule has 6 heteroatoms. The van der Waals surface area contributed by atoms with Gasteiger partial charge < -0.3 is 14.4 Å². The smallest absolute Gasteiger partial charge is 0.307 e. The fourth-order valence-electron chi connectivity index (χ4n) is 1.60. The summed E-state index contributed by atoms with van der Waals surface area (Å²) in [7, 11) is 4.53. The number of halogens is 1. The molecule has 0 N–H and O–H groups in total. The molecule has 21 heavy (non-hydrogen) atoms. The lowest BCUT2D eigenvalue weighted by atomic mass is 10.2. The van der Waals surface area contributed by atoms with Crippen LogP contribution >= 0.6 is 15.9 Å². The highest BCUT2D eigenvalue weighted by Gasteiger charge is 2.08. The first-order chi connectivity index (χ1) is 9.97. The summed E-state index contributed by atoms with van der Waals surface area (Å²) in [5.41, 5.74) is 0.793. The van der Waals surface area contributed by atoms with Crippen molar-refractivity contribution in [3.05, 3.63) is 34.3 Å².